The lowest BCUT2D eigenvalue weighted by Crippen LogP contribution is -2.25. The Bertz CT molecular complexity index is 757. The number of carboxylic acids is 1. The summed E-state index contributed by atoms with van der Waals surface area (Å²) in [5, 5.41) is 15.6. The molecule has 126 valence electrons. The van der Waals surface area contributed by atoms with E-state index in [1.807, 2.05) is 13.0 Å². The fourth-order valence-corrected chi connectivity index (χ4v) is 2.61. The van der Waals surface area contributed by atoms with Crippen LogP contribution in [0.4, 0.5) is 5.13 Å². The van der Waals surface area contributed by atoms with E-state index in [1.165, 1.54) is 0 Å². The van der Waals surface area contributed by atoms with E-state index in [0.717, 1.165) is 16.9 Å². The molecule has 0 bridgehead atoms. The summed E-state index contributed by atoms with van der Waals surface area (Å²) in [6.45, 7) is 2.15. The first-order valence-electron chi connectivity index (χ1n) is 7.29. The topological polar surface area (TPSA) is 108 Å². The molecule has 2 rings (SSSR count). The van der Waals surface area contributed by atoms with Gasteiger partial charge in [-0.1, -0.05) is 17.7 Å². The molecule has 0 saturated heterocycles. The fourth-order valence-electron chi connectivity index (χ4n) is 1.92. The van der Waals surface area contributed by atoms with Crippen molar-refractivity contribution in [1.29, 1.82) is 0 Å². The predicted octanol–water partition coefficient (Wildman–Crippen LogP) is 2.30. The molecule has 0 fully saturated rings. The van der Waals surface area contributed by atoms with Crippen LogP contribution < -0.4 is 10.6 Å². The first-order valence-corrected chi connectivity index (χ1v) is 8.17. The molecule has 7 nitrogen and oxygen atoms in total. The minimum absolute atomic E-state index is 0.00482. The Morgan fingerprint density at radius 3 is 2.75 bits per heavy atom. The van der Waals surface area contributed by atoms with Gasteiger partial charge in [0.15, 0.2) is 5.13 Å². The number of amides is 2. The molecule has 1 aromatic heterocycles. The zero-order chi connectivity index (χ0) is 17.5. The highest BCUT2D eigenvalue weighted by atomic mass is 32.1. The highest BCUT2D eigenvalue weighted by molar-refractivity contribution is 7.14. The van der Waals surface area contributed by atoms with E-state index in [9.17, 15) is 14.4 Å². The monoisotopic (exact) mass is 347 g/mol. The van der Waals surface area contributed by atoms with Gasteiger partial charge in [0.1, 0.15) is 5.69 Å². The number of hydrogen-bond acceptors (Lipinski definition) is 5. The van der Waals surface area contributed by atoms with Crippen LogP contribution >= 0.6 is 11.3 Å². The van der Waals surface area contributed by atoms with Crippen molar-refractivity contribution in [1.82, 2.24) is 10.3 Å². The van der Waals surface area contributed by atoms with Crippen LogP contribution in [-0.4, -0.2) is 34.4 Å². The number of carbonyl (C=O) groups excluding carboxylic acids is 2. The second-order valence-corrected chi connectivity index (χ2v) is 5.97. The average molecular weight is 347 g/mol. The normalized spacial score (nSPS) is 10.2. The van der Waals surface area contributed by atoms with E-state index in [2.05, 4.69) is 15.6 Å². The van der Waals surface area contributed by atoms with Crippen molar-refractivity contribution in [2.45, 2.75) is 19.8 Å². The highest BCUT2D eigenvalue weighted by Crippen LogP contribution is 2.17. The van der Waals surface area contributed by atoms with E-state index in [-0.39, 0.29) is 24.6 Å². The number of nitrogens with zero attached hydrogens (tertiary/aromatic N) is 1. The third kappa shape index (κ3) is 5.17. The Hall–Kier alpha value is -2.74. The molecule has 1 heterocycles. The molecule has 2 aromatic rings. The summed E-state index contributed by atoms with van der Waals surface area (Å²) in [5.41, 5.74) is 1.68. The zero-order valence-electron chi connectivity index (χ0n) is 13.0. The number of aryl methyl sites for hydroxylation is 1. The van der Waals surface area contributed by atoms with Gasteiger partial charge >= 0.3 is 5.97 Å². The summed E-state index contributed by atoms with van der Waals surface area (Å²) in [6.07, 6.45) is 0.345. The smallest absolute Gasteiger partial charge is 0.303 e. The second kappa shape index (κ2) is 8.21. The first-order chi connectivity index (χ1) is 11.5. The minimum atomic E-state index is -0.904. The Kier molecular flexibility index (Phi) is 6.02. The van der Waals surface area contributed by atoms with Gasteiger partial charge in [0.2, 0.25) is 0 Å². The molecule has 0 saturated carbocycles. The number of aromatic nitrogens is 1. The Morgan fingerprint density at radius 1 is 1.25 bits per heavy atom. The summed E-state index contributed by atoms with van der Waals surface area (Å²) in [5.74, 6) is -1.59. The molecule has 24 heavy (non-hydrogen) atoms. The minimum Gasteiger partial charge on any atom is -0.481 e. The number of anilines is 1. The molecule has 8 heteroatoms. The van der Waals surface area contributed by atoms with Crippen LogP contribution in [0.1, 0.15) is 39.3 Å². The van der Waals surface area contributed by atoms with Crippen molar-refractivity contribution in [2.24, 2.45) is 0 Å². The largest absolute Gasteiger partial charge is 0.481 e. The van der Waals surface area contributed by atoms with Crippen LogP contribution in [-0.2, 0) is 4.79 Å². The van der Waals surface area contributed by atoms with Crippen LogP contribution in [0.5, 0.6) is 0 Å². The summed E-state index contributed by atoms with van der Waals surface area (Å²) in [6, 6.07) is 7.15. The molecule has 0 radical (unpaired) electrons. The van der Waals surface area contributed by atoms with Gasteiger partial charge in [0, 0.05) is 23.9 Å². The number of thiazole rings is 1. The molecule has 1 aromatic carbocycles. The molecule has 0 spiro atoms. The number of hydrogen-bond donors (Lipinski definition) is 3. The van der Waals surface area contributed by atoms with Crippen LogP contribution in [0.25, 0.3) is 0 Å². The quantitative estimate of drug-likeness (QED) is 0.666. The van der Waals surface area contributed by atoms with Gasteiger partial charge in [0.25, 0.3) is 11.8 Å². The second-order valence-electron chi connectivity index (χ2n) is 5.11. The summed E-state index contributed by atoms with van der Waals surface area (Å²) >= 11 is 1.15. The zero-order valence-corrected chi connectivity index (χ0v) is 13.9. The van der Waals surface area contributed by atoms with Crippen molar-refractivity contribution < 1.29 is 19.5 Å². The van der Waals surface area contributed by atoms with Gasteiger partial charge in [-0.25, -0.2) is 4.98 Å². The first kappa shape index (κ1) is 17.6. The van der Waals surface area contributed by atoms with Crippen LogP contribution in [0.2, 0.25) is 0 Å². The standard InChI is InChI=1S/C16H17N3O4S/c1-10-4-2-5-11(8-10)14(22)19-16-18-12(9-24-16)15(23)17-7-3-6-13(20)21/h2,4-5,8-9H,3,6-7H2,1H3,(H,17,23)(H,20,21)(H,18,19,22). The molecule has 0 atom stereocenters. The lowest BCUT2D eigenvalue weighted by atomic mass is 10.1. The molecule has 3 N–H and O–H groups in total. The Balaban J connectivity index is 1.89. The van der Waals surface area contributed by atoms with E-state index < -0.39 is 11.9 Å². The molecule has 0 unspecified atom stereocenters. The van der Waals surface area contributed by atoms with Crippen molar-refractivity contribution in [3.63, 3.8) is 0 Å². The van der Waals surface area contributed by atoms with Gasteiger partial charge in [0.05, 0.1) is 0 Å². The Labute approximate surface area is 142 Å². The molecular weight excluding hydrogens is 330 g/mol. The van der Waals surface area contributed by atoms with E-state index in [1.54, 1.807) is 23.6 Å². The van der Waals surface area contributed by atoms with Gasteiger partial charge in [-0.15, -0.1) is 11.3 Å². The number of rotatable bonds is 7. The highest BCUT2D eigenvalue weighted by Gasteiger charge is 2.13. The van der Waals surface area contributed by atoms with Gasteiger partial charge < -0.3 is 10.4 Å². The molecular formula is C16H17N3O4S. The maximum atomic E-state index is 12.1. The van der Waals surface area contributed by atoms with Crippen LogP contribution in [0.15, 0.2) is 29.6 Å². The maximum Gasteiger partial charge on any atom is 0.303 e. The number of aliphatic carboxylic acids is 1. The summed E-state index contributed by atoms with van der Waals surface area (Å²) < 4.78 is 0. The molecule has 0 aliphatic rings. The van der Waals surface area contributed by atoms with Gasteiger partial charge in [-0.05, 0) is 25.5 Å². The van der Waals surface area contributed by atoms with E-state index in [0.29, 0.717) is 17.1 Å². The lowest BCUT2D eigenvalue weighted by molar-refractivity contribution is -0.137. The number of benzene rings is 1. The van der Waals surface area contributed by atoms with Crippen molar-refractivity contribution in [2.75, 3.05) is 11.9 Å². The summed E-state index contributed by atoms with van der Waals surface area (Å²) in [4.78, 5) is 38.5. The molecule has 2 amide bonds. The third-order valence-electron chi connectivity index (χ3n) is 3.09. The maximum absolute atomic E-state index is 12.1. The number of nitrogens with one attached hydrogen (secondary N) is 2. The van der Waals surface area contributed by atoms with Crippen LogP contribution in [0.3, 0.4) is 0 Å². The van der Waals surface area contributed by atoms with Gasteiger partial charge in [-0.3, -0.25) is 19.7 Å². The van der Waals surface area contributed by atoms with E-state index >= 15 is 0 Å². The Morgan fingerprint density at radius 2 is 2.04 bits per heavy atom. The summed E-state index contributed by atoms with van der Waals surface area (Å²) in [7, 11) is 0. The number of carboxylic acid groups (broad SMARTS) is 1. The lowest BCUT2D eigenvalue weighted by Gasteiger charge is -2.03. The van der Waals surface area contributed by atoms with E-state index in [4.69, 9.17) is 5.11 Å². The fraction of sp³-hybridized carbons (Fsp3) is 0.250. The van der Waals surface area contributed by atoms with Crippen molar-refractivity contribution in [3.8, 4) is 0 Å². The third-order valence-corrected chi connectivity index (χ3v) is 3.85. The van der Waals surface area contributed by atoms with Crippen molar-refractivity contribution >= 4 is 34.3 Å². The SMILES string of the molecule is Cc1cccc(C(=O)Nc2nc(C(=O)NCCCC(=O)O)cs2)c1. The molecule has 0 aliphatic heterocycles. The number of carbonyl (C=O) groups is 3. The van der Waals surface area contributed by atoms with Crippen molar-refractivity contribution in [3.05, 3.63) is 46.5 Å². The van der Waals surface area contributed by atoms with Crippen LogP contribution in [0, 0.1) is 6.92 Å². The predicted molar refractivity (Wildman–Crippen MR) is 90.4 cm³/mol. The molecule has 0 aliphatic carbocycles. The van der Waals surface area contributed by atoms with Gasteiger partial charge in [-0.2, -0.15) is 0 Å². The average Bonchev–Trinajstić information content (AvgIpc) is 2.99.